The molecule has 0 amide bonds. The Morgan fingerprint density at radius 1 is 1.06 bits per heavy atom. The molecule has 2 aromatic carbocycles. The largest absolute Gasteiger partial charge is 0.330 e. The molecule has 1 heteroatoms. The summed E-state index contributed by atoms with van der Waals surface area (Å²) < 4.78 is 0. The predicted octanol–water partition coefficient (Wildman–Crippen LogP) is 3.53. The van der Waals surface area contributed by atoms with Crippen LogP contribution in [0, 0.1) is 6.92 Å². The molecule has 2 N–H and O–H groups in total. The molecule has 0 aliphatic heterocycles. The smallest absolute Gasteiger partial charge is 0.00817 e. The zero-order valence-electron chi connectivity index (χ0n) is 10.4. The minimum atomic E-state index is 0.257. The van der Waals surface area contributed by atoms with Crippen LogP contribution in [0.15, 0.2) is 36.4 Å². The van der Waals surface area contributed by atoms with E-state index >= 15 is 0 Å². The van der Waals surface area contributed by atoms with Crippen LogP contribution in [0.1, 0.15) is 30.4 Å². The van der Waals surface area contributed by atoms with E-state index in [1.807, 2.05) is 0 Å². The van der Waals surface area contributed by atoms with Gasteiger partial charge in [0.25, 0.3) is 0 Å². The number of hydrogen-bond acceptors (Lipinski definition) is 1. The summed E-state index contributed by atoms with van der Waals surface area (Å²) in [6.07, 6.45) is 3.81. The molecule has 0 saturated heterocycles. The molecular weight excluding hydrogens is 206 g/mol. The molecule has 88 valence electrons. The summed E-state index contributed by atoms with van der Waals surface area (Å²) in [6.45, 7) is 2.96. The predicted molar refractivity (Wildman–Crippen MR) is 73.3 cm³/mol. The van der Waals surface area contributed by atoms with Gasteiger partial charge in [0.05, 0.1) is 0 Å². The van der Waals surface area contributed by atoms with Gasteiger partial charge in [0.1, 0.15) is 0 Å². The highest BCUT2D eigenvalue weighted by Crippen LogP contribution is 2.45. The molecule has 1 fully saturated rings. The Morgan fingerprint density at radius 3 is 2.41 bits per heavy atom. The molecule has 1 aliphatic rings. The molecule has 0 atom stereocenters. The Labute approximate surface area is 103 Å². The third-order valence-electron chi connectivity index (χ3n) is 4.41. The van der Waals surface area contributed by atoms with E-state index in [-0.39, 0.29) is 5.41 Å². The molecule has 1 saturated carbocycles. The Morgan fingerprint density at radius 2 is 1.76 bits per heavy atom. The van der Waals surface area contributed by atoms with Gasteiger partial charge in [0.15, 0.2) is 0 Å². The molecule has 0 unspecified atom stereocenters. The zero-order valence-corrected chi connectivity index (χ0v) is 10.4. The Balaban J connectivity index is 2.26. The van der Waals surface area contributed by atoms with E-state index in [1.54, 1.807) is 0 Å². The lowest BCUT2D eigenvalue weighted by Crippen LogP contribution is -2.41. The molecule has 1 aliphatic carbocycles. The van der Waals surface area contributed by atoms with Gasteiger partial charge in [0, 0.05) is 12.0 Å². The minimum absolute atomic E-state index is 0.257. The van der Waals surface area contributed by atoms with Crippen LogP contribution in [0.4, 0.5) is 0 Å². The van der Waals surface area contributed by atoms with Gasteiger partial charge >= 0.3 is 0 Å². The van der Waals surface area contributed by atoms with Crippen LogP contribution in [0.2, 0.25) is 0 Å². The summed E-state index contributed by atoms with van der Waals surface area (Å²) in [5, 5.41) is 2.78. The van der Waals surface area contributed by atoms with E-state index < -0.39 is 0 Å². The number of aryl methyl sites for hydroxylation is 1. The minimum Gasteiger partial charge on any atom is -0.330 e. The molecule has 17 heavy (non-hydrogen) atoms. The highest BCUT2D eigenvalue weighted by molar-refractivity contribution is 5.89. The van der Waals surface area contributed by atoms with Gasteiger partial charge in [-0.25, -0.2) is 0 Å². The fourth-order valence-electron chi connectivity index (χ4n) is 3.12. The van der Waals surface area contributed by atoms with Crippen LogP contribution in [0.25, 0.3) is 10.8 Å². The lowest BCUT2D eigenvalue weighted by atomic mass is 9.63. The first-order valence-corrected chi connectivity index (χ1v) is 6.46. The fraction of sp³-hybridized carbons (Fsp3) is 0.375. The number of nitrogens with two attached hydrogens (primary N) is 1. The van der Waals surface area contributed by atoms with E-state index in [0.29, 0.717) is 0 Å². The second kappa shape index (κ2) is 3.85. The van der Waals surface area contributed by atoms with Gasteiger partial charge in [-0.2, -0.15) is 0 Å². The summed E-state index contributed by atoms with van der Waals surface area (Å²) in [6, 6.07) is 13.3. The molecular formula is C16H19N. The van der Waals surface area contributed by atoms with Crippen molar-refractivity contribution in [3.05, 3.63) is 47.5 Å². The maximum Gasteiger partial charge on any atom is 0.00817 e. The first-order valence-electron chi connectivity index (χ1n) is 6.46. The van der Waals surface area contributed by atoms with Crippen molar-refractivity contribution in [2.24, 2.45) is 5.73 Å². The standard InChI is InChI=1S/C16H19N/c1-12-5-2-7-14-13(12)6-3-8-15(14)16(11-17)9-4-10-16/h2-3,5-8H,4,9-11,17H2,1H3. The summed E-state index contributed by atoms with van der Waals surface area (Å²) in [7, 11) is 0. The van der Waals surface area contributed by atoms with E-state index in [4.69, 9.17) is 5.73 Å². The lowest BCUT2D eigenvalue weighted by Gasteiger charge is -2.42. The zero-order chi connectivity index (χ0) is 11.9. The average molecular weight is 225 g/mol. The van der Waals surface area contributed by atoms with Gasteiger partial charge in [0.2, 0.25) is 0 Å². The highest BCUT2D eigenvalue weighted by Gasteiger charge is 2.38. The number of benzene rings is 2. The summed E-state index contributed by atoms with van der Waals surface area (Å²) in [5.41, 5.74) is 9.11. The summed E-state index contributed by atoms with van der Waals surface area (Å²) in [5.74, 6) is 0. The Hall–Kier alpha value is -1.34. The topological polar surface area (TPSA) is 26.0 Å². The van der Waals surface area contributed by atoms with E-state index in [2.05, 4.69) is 43.3 Å². The first kappa shape index (κ1) is 10.8. The van der Waals surface area contributed by atoms with Gasteiger partial charge in [-0.15, -0.1) is 0 Å². The molecule has 3 rings (SSSR count). The molecule has 0 heterocycles. The van der Waals surface area contributed by atoms with Gasteiger partial charge < -0.3 is 5.73 Å². The van der Waals surface area contributed by atoms with Crippen LogP contribution in [0.5, 0.6) is 0 Å². The van der Waals surface area contributed by atoms with Crippen LogP contribution in [0.3, 0.4) is 0 Å². The molecule has 0 bridgehead atoms. The highest BCUT2D eigenvalue weighted by atomic mass is 14.6. The van der Waals surface area contributed by atoms with Crippen molar-refractivity contribution in [3.8, 4) is 0 Å². The van der Waals surface area contributed by atoms with Crippen molar-refractivity contribution in [2.75, 3.05) is 6.54 Å². The fourth-order valence-corrected chi connectivity index (χ4v) is 3.12. The van der Waals surface area contributed by atoms with Crippen molar-refractivity contribution in [1.29, 1.82) is 0 Å². The molecule has 0 radical (unpaired) electrons. The number of hydrogen-bond donors (Lipinski definition) is 1. The van der Waals surface area contributed by atoms with E-state index in [0.717, 1.165) is 6.54 Å². The Kier molecular flexibility index (Phi) is 2.44. The number of rotatable bonds is 2. The second-order valence-electron chi connectivity index (χ2n) is 5.31. The molecule has 1 nitrogen and oxygen atoms in total. The van der Waals surface area contributed by atoms with E-state index in [9.17, 15) is 0 Å². The lowest BCUT2D eigenvalue weighted by molar-refractivity contribution is 0.255. The van der Waals surface area contributed by atoms with Crippen LogP contribution in [-0.2, 0) is 5.41 Å². The Bertz CT molecular complexity index is 547. The SMILES string of the molecule is Cc1cccc2c(C3(CN)CCC3)cccc12. The molecule has 0 aromatic heterocycles. The van der Waals surface area contributed by atoms with Gasteiger partial charge in [-0.1, -0.05) is 42.8 Å². The quantitative estimate of drug-likeness (QED) is 0.831. The maximum atomic E-state index is 6.03. The van der Waals surface area contributed by atoms with Crippen LogP contribution in [-0.4, -0.2) is 6.54 Å². The number of fused-ring (bicyclic) bond motifs is 1. The van der Waals surface area contributed by atoms with Crippen molar-refractivity contribution < 1.29 is 0 Å². The van der Waals surface area contributed by atoms with Crippen molar-refractivity contribution in [2.45, 2.75) is 31.6 Å². The van der Waals surface area contributed by atoms with E-state index in [1.165, 1.54) is 41.2 Å². The molecule has 0 spiro atoms. The average Bonchev–Trinajstić information content (AvgIpc) is 2.30. The van der Waals surface area contributed by atoms with Crippen molar-refractivity contribution in [3.63, 3.8) is 0 Å². The van der Waals surface area contributed by atoms with Gasteiger partial charge in [-0.3, -0.25) is 0 Å². The summed E-state index contributed by atoms with van der Waals surface area (Å²) >= 11 is 0. The molecule has 2 aromatic rings. The second-order valence-corrected chi connectivity index (χ2v) is 5.31. The third kappa shape index (κ3) is 1.49. The monoisotopic (exact) mass is 225 g/mol. The van der Waals surface area contributed by atoms with Crippen LogP contribution < -0.4 is 5.73 Å². The van der Waals surface area contributed by atoms with Gasteiger partial charge in [-0.05, 0) is 41.7 Å². The third-order valence-corrected chi connectivity index (χ3v) is 4.41. The van der Waals surface area contributed by atoms with Crippen molar-refractivity contribution in [1.82, 2.24) is 0 Å². The normalized spacial score (nSPS) is 18.0. The van der Waals surface area contributed by atoms with Crippen molar-refractivity contribution >= 4 is 10.8 Å². The first-order chi connectivity index (χ1) is 8.27. The maximum absolute atomic E-state index is 6.03. The summed E-state index contributed by atoms with van der Waals surface area (Å²) in [4.78, 5) is 0. The van der Waals surface area contributed by atoms with Crippen LogP contribution >= 0.6 is 0 Å².